The normalized spacial score (nSPS) is 14.5. The largest absolute Gasteiger partial charge is 0.490 e. The van der Waals surface area contributed by atoms with Gasteiger partial charge in [-0.1, -0.05) is 0 Å². The van der Waals surface area contributed by atoms with Crippen LogP contribution >= 0.6 is 0 Å². The second-order valence-electron chi connectivity index (χ2n) is 12.2. The summed E-state index contributed by atoms with van der Waals surface area (Å²) in [4.78, 5) is 30.2. The molecule has 0 radical (unpaired) electrons. The van der Waals surface area contributed by atoms with Gasteiger partial charge in [-0.05, 0) is 79.9 Å². The number of fused-ring (bicyclic) bond motifs is 2. The lowest BCUT2D eigenvalue weighted by atomic mass is 9.91. The monoisotopic (exact) mass is 570 g/mol. The van der Waals surface area contributed by atoms with Crippen molar-refractivity contribution in [3.8, 4) is 17.0 Å². The van der Waals surface area contributed by atoms with Gasteiger partial charge in [0.25, 0.3) is 5.91 Å². The van der Waals surface area contributed by atoms with Crippen molar-refractivity contribution >= 4 is 17.5 Å². The summed E-state index contributed by atoms with van der Waals surface area (Å²) in [5.41, 5.74) is 1.98. The van der Waals surface area contributed by atoms with E-state index in [1.807, 2.05) is 27.7 Å². The fourth-order valence-electron chi connectivity index (χ4n) is 4.92. The summed E-state index contributed by atoms with van der Waals surface area (Å²) in [5, 5.41) is 17.6. The number of hydrogen-bond acceptors (Lipinski definition) is 7. The summed E-state index contributed by atoms with van der Waals surface area (Å²) in [6.45, 7) is 15.6. The van der Waals surface area contributed by atoms with Gasteiger partial charge in [-0.3, -0.25) is 4.79 Å². The highest BCUT2D eigenvalue weighted by Crippen LogP contribution is 2.41. The zero-order chi connectivity index (χ0) is 30.3. The van der Waals surface area contributed by atoms with Crippen molar-refractivity contribution in [1.29, 1.82) is 0 Å². The van der Waals surface area contributed by atoms with Crippen LogP contribution in [-0.4, -0.2) is 62.5 Å². The van der Waals surface area contributed by atoms with Crippen LogP contribution in [0.15, 0.2) is 12.1 Å². The molecule has 1 aliphatic heterocycles. The Morgan fingerprint density at radius 2 is 1.88 bits per heavy atom. The van der Waals surface area contributed by atoms with E-state index in [2.05, 4.69) is 15.4 Å². The third-order valence-electron chi connectivity index (χ3n) is 6.63. The molecule has 2 aromatic heterocycles. The molecule has 3 aromatic rings. The number of carboxylic acids is 1. The lowest BCUT2D eigenvalue weighted by Crippen LogP contribution is -2.31. The maximum atomic E-state index is 15.5. The van der Waals surface area contributed by atoms with Crippen molar-refractivity contribution in [2.24, 2.45) is 0 Å². The average Bonchev–Trinajstić information content (AvgIpc) is 3.29. The van der Waals surface area contributed by atoms with Crippen LogP contribution in [0.3, 0.4) is 0 Å². The van der Waals surface area contributed by atoms with Crippen LogP contribution in [0.5, 0.6) is 5.75 Å². The van der Waals surface area contributed by atoms with Crippen molar-refractivity contribution < 1.29 is 33.3 Å². The standard InChI is InChI=1S/C30H39FN4O6/c1-16-18-10-9-12-39-25(18)20(31)14-19(16)24-23(26(28(37)38)41-30(6,7)8)17(2)33-22-15-21(34-35(22)24)27(36)32-11-13-40-29(3,4)5/h14-15,26H,9-13H2,1-8H3,(H,32,36)(H,37,38)/t26-/m0/s1. The third-order valence-corrected chi connectivity index (χ3v) is 6.63. The average molecular weight is 571 g/mol. The molecular weight excluding hydrogens is 531 g/mol. The lowest BCUT2D eigenvalue weighted by Gasteiger charge is -2.28. The lowest BCUT2D eigenvalue weighted by molar-refractivity contribution is -0.160. The summed E-state index contributed by atoms with van der Waals surface area (Å²) in [5.74, 6) is -2.02. The number of aromatic nitrogens is 3. The topological polar surface area (TPSA) is 124 Å². The Kier molecular flexibility index (Phi) is 8.42. The van der Waals surface area contributed by atoms with Gasteiger partial charge in [0, 0.05) is 35.0 Å². The fraction of sp³-hybridized carbons (Fsp3) is 0.533. The van der Waals surface area contributed by atoms with Crippen LogP contribution in [0.2, 0.25) is 0 Å². The zero-order valence-electron chi connectivity index (χ0n) is 25.0. The quantitative estimate of drug-likeness (QED) is 0.364. The number of halogens is 1. The highest BCUT2D eigenvalue weighted by molar-refractivity contribution is 5.93. The van der Waals surface area contributed by atoms with Gasteiger partial charge in [0.1, 0.15) is 0 Å². The predicted molar refractivity (Wildman–Crippen MR) is 151 cm³/mol. The number of benzene rings is 1. The minimum atomic E-state index is -1.44. The second kappa shape index (κ2) is 11.4. The van der Waals surface area contributed by atoms with Gasteiger partial charge in [-0.25, -0.2) is 18.7 Å². The van der Waals surface area contributed by atoms with E-state index >= 15 is 4.39 Å². The van der Waals surface area contributed by atoms with Gasteiger partial charge in [0.2, 0.25) is 0 Å². The molecule has 10 nitrogen and oxygen atoms in total. The summed E-state index contributed by atoms with van der Waals surface area (Å²) >= 11 is 0. The van der Waals surface area contributed by atoms with Gasteiger partial charge in [-0.2, -0.15) is 5.10 Å². The van der Waals surface area contributed by atoms with E-state index in [0.29, 0.717) is 47.8 Å². The number of carboxylic acid groups (broad SMARTS) is 1. The van der Waals surface area contributed by atoms with Crippen LogP contribution in [-0.2, 0) is 20.7 Å². The van der Waals surface area contributed by atoms with Crippen LogP contribution in [0.25, 0.3) is 16.9 Å². The van der Waals surface area contributed by atoms with Gasteiger partial charge in [0.15, 0.2) is 29.0 Å². The van der Waals surface area contributed by atoms with Gasteiger partial charge in [-0.15, -0.1) is 0 Å². The van der Waals surface area contributed by atoms with E-state index in [-0.39, 0.29) is 29.2 Å². The molecule has 3 heterocycles. The van der Waals surface area contributed by atoms with Crippen molar-refractivity contribution in [3.63, 3.8) is 0 Å². The van der Waals surface area contributed by atoms with Gasteiger partial charge in [0.05, 0.1) is 30.1 Å². The van der Waals surface area contributed by atoms with Gasteiger partial charge < -0.3 is 24.6 Å². The molecule has 1 atom stereocenters. The second-order valence-corrected chi connectivity index (χ2v) is 12.2. The predicted octanol–water partition coefficient (Wildman–Crippen LogP) is 4.96. The number of carbonyl (C=O) groups is 2. The summed E-state index contributed by atoms with van der Waals surface area (Å²) in [6.07, 6.45) is -0.101. The first-order valence-corrected chi connectivity index (χ1v) is 13.8. The minimum absolute atomic E-state index is 0.0779. The number of carbonyl (C=O) groups excluding carboxylic acids is 1. The van der Waals surface area contributed by atoms with E-state index in [1.54, 1.807) is 27.7 Å². The number of hydrogen-bond donors (Lipinski definition) is 2. The number of rotatable bonds is 8. The summed E-state index contributed by atoms with van der Waals surface area (Å²) < 4.78 is 34.2. The number of aryl methyl sites for hydroxylation is 1. The van der Waals surface area contributed by atoms with Crippen molar-refractivity contribution in [3.05, 3.63) is 46.0 Å². The van der Waals surface area contributed by atoms with E-state index in [9.17, 15) is 14.7 Å². The Morgan fingerprint density at radius 3 is 2.51 bits per heavy atom. The maximum absolute atomic E-state index is 15.5. The zero-order valence-corrected chi connectivity index (χ0v) is 25.0. The van der Waals surface area contributed by atoms with Crippen molar-refractivity contribution in [2.45, 2.75) is 85.5 Å². The molecule has 0 saturated heterocycles. The molecular formula is C30H39FN4O6. The molecule has 0 fully saturated rings. The number of amides is 1. The molecule has 0 aliphatic carbocycles. The van der Waals surface area contributed by atoms with Gasteiger partial charge >= 0.3 is 5.97 Å². The maximum Gasteiger partial charge on any atom is 0.337 e. The fourth-order valence-corrected chi connectivity index (χ4v) is 4.92. The van der Waals surface area contributed by atoms with Crippen molar-refractivity contribution in [2.75, 3.05) is 19.8 Å². The molecule has 1 amide bonds. The van der Waals surface area contributed by atoms with E-state index in [4.69, 9.17) is 14.2 Å². The summed E-state index contributed by atoms with van der Waals surface area (Å²) in [7, 11) is 0. The Labute approximate surface area is 239 Å². The number of aliphatic carboxylic acids is 1. The highest BCUT2D eigenvalue weighted by atomic mass is 19.1. The Morgan fingerprint density at radius 1 is 1.17 bits per heavy atom. The Balaban J connectivity index is 1.91. The van der Waals surface area contributed by atoms with E-state index < -0.39 is 29.4 Å². The Hall–Kier alpha value is -3.57. The van der Waals surface area contributed by atoms with E-state index in [1.165, 1.54) is 16.6 Å². The van der Waals surface area contributed by atoms with Crippen LogP contribution < -0.4 is 10.1 Å². The van der Waals surface area contributed by atoms with Crippen LogP contribution in [0.1, 0.15) is 86.9 Å². The minimum Gasteiger partial charge on any atom is -0.490 e. The van der Waals surface area contributed by atoms with Crippen LogP contribution in [0, 0.1) is 19.7 Å². The SMILES string of the molecule is Cc1nc2cc(C(=O)NCCOC(C)(C)C)nn2c(-c2cc(F)c3c(c2C)CCCO3)c1[C@H](OC(C)(C)C)C(=O)O. The summed E-state index contributed by atoms with van der Waals surface area (Å²) in [6, 6.07) is 2.85. The highest BCUT2D eigenvalue weighted by Gasteiger charge is 2.35. The molecule has 1 aliphatic rings. The number of ether oxygens (including phenoxy) is 3. The van der Waals surface area contributed by atoms with E-state index in [0.717, 1.165) is 12.0 Å². The molecule has 0 spiro atoms. The number of nitrogens with one attached hydrogen (secondary N) is 1. The Bertz CT molecular complexity index is 1490. The first kappa shape index (κ1) is 30.4. The van der Waals surface area contributed by atoms with Crippen LogP contribution in [0.4, 0.5) is 4.39 Å². The molecule has 11 heteroatoms. The molecule has 41 heavy (non-hydrogen) atoms. The molecule has 4 rings (SSSR count). The smallest absolute Gasteiger partial charge is 0.337 e. The molecule has 0 bridgehead atoms. The first-order valence-electron chi connectivity index (χ1n) is 13.8. The molecule has 1 aromatic carbocycles. The molecule has 222 valence electrons. The molecule has 0 unspecified atom stereocenters. The molecule has 2 N–H and O–H groups in total. The van der Waals surface area contributed by atoms with Crippen molar-refractivity contribution in [1.82, 2.24) is 19.9 Å². The molecule has 0 saturated carbocycles. The first-order chi connectivity index (χ1) is 19.1. The number of nitrogens with zero attached hydrogens (tertiary/aromatic N) is 3. The third kappa shape index (κ3) is 6.68.